The maximum atomic E-state index is 5.81. The first-order valence-corrected chi connectivity index (χ1v) is 7.43. The molecule has 1 fully saturated rings. The van der Waals surface area contributed by atoms with Gasteiger partial charge in [0, 0.05) is 0 Å². The average molecular weight is 350 g/mol. The lowest BCUT2D eigenvalue weighted by Crippen LogP contribution is -2.23. The van der Waals surface area contributed by atoms with Crippen LogP contribution in [0.2, 0.25) is 0 Å². The van der Waals surface area contributed by atoms with E-state index in [0.29, 0.717) is 0 Å². The second-order valence-corrected chi connectivity index (χ2v) is 5.25. The largest absolute Gasteiger partial charge is 0.461 e. The molecule has 0 saturated carbocycles. The van der Waals surface area contributed by atoms with Gasteiger partial charge in [-0.05, 0) is 12.8 Å². The fourth-order valence-electron chi connectivity index (χ4n) is 2.27. The van der Waals surface area contributed by atoms with Crippen molar-refractivity contribution in [1.29, 1.82) is 0 Å². The van der Waals surface area contributed by atoms with Crippen LogP contribution in [0.5, 0.6) is 12.0 Å². The highest BCUT2D eigenvalue weighted by molar-refractivity contribution is 5.28. The van der Waals surface area contributed by atoms with Crippen molar-refractivity contribution >= 4 is 23.8 Å². The first-order valence-electron chi connectivity index (χ1n) is 7.43. The Morgan fingerprint density at radius 1 is 0.680 bits per heavy atom. The van der Waals surface area contributed by atoms with Crippen molar-refractivity contribution in [2.24, 2.45) is 0 Å². The summed E-state index contributed by atoms with van der Waals surface area (Å²) in [4.78, 5) is 22.7. The van der Waals surface area contributed by atoms with E-state index < -0.39 is 0 Å². The van der Waals surface area contributed by atoms with Gasteiger partial charge in [-0.1, -0.05) is 0 Å². The van der Waals surface area contributed by atoms with Crippen molar-refractivity contribution in [2.75, 3.05) is 36.1 Å². The zero-order valence-electron chi connectivity index (χ0n) is 13.2. The van der Waals surface area contributed by atoms with Gasteiger partial charge in [0.25, 0.3) is 0 Å². The second-order valence-electron chi connectivity index (χ2n) is 5.25. The SMILES string of the molecule is Nc1nc(N)nc(OC[C@H]2CC[C@@H](COc3nc(N)nc(N)n3)O2)n1. The van der Waals surface area contributed by atoms with Gasteiger partial charge >= 0.3 is 12.0 Å². The second kappa shape index (κ2) is 7.12. The van der Waals surface area contributed by atoms with Crippen molar-refractivity contribution < 1.29 is 14.2 Å². The molecule has 1 saturated heterocycles. The Kier molecular flexibility index (Phi) is 4.74. The molecule has 134 valence electrons. The van der Waals surface area contributed by atoms with Crippen molar-refractivity contribution in [2.45, 2.75) is 25.0 Å². The molecule has 13 heteroatoms. The molecule has 8 N–H and O–H groups in total. The molecule has 2 aromatic heterocycles. The minimum absolute atomic E-state index is 0.00276. The van der Waals surface area contributed by atoms with E-state index in [9.17, 15) is 0 Å². The molecule has 0 radical (unpaired) electrons. The Labute approximate surface area is 142 Å². The molecule has 25 heavy (non-hydrogen) atoms. The summed E-state index contributed by atoms with van der Waals surface area (Å²) in [6.07, 6.45) is 1.29. The van der Waals surface area contributed by atoms with Gasteiger partial charge in [-0.25, -0.2) is 0 Å². The molecular weight excluding hydrogens is 332 g/mol. The van der Waals surface area contributed by atoms with Crippen LogP contribution in [0.3, 0.4) is 0 Å². The average Bonchev–Trinajstić information content (AvgIpc) is 2.97. The molecule has 13 nitrogen and oxygen atoms in total. The lowest BCUT2D eigenvalue weighted by Gasteiger charge is -2.14. The number of nitrogens with two attached hydrogens (primary N) is 4. The van der Waals surface area contributed by atoms with Gasteiger partial charge in [0.1, 0.15) is 13.2 Å². The van der Waals surface area contributed by atoms with Crippen molar-refractivity contribution in [1.82, 2.24) is 29.9 Å². The summed E-state index contributed by atoms with van der Waals surface area (Å²) in [7, 11) is 0. The summed E-state index contributed by atoms with van der Waals surface area (Å²) in [6, 6.07) is 0.119. The number of anilines is 4. The number of nitrogen functional groups attached to an aromatic ring is 4. The summed E-state index contributed by atoms with van der Waals surface area (Å²) < 4.78 is 16.7. The fourth-order valence-corrected chi connectivity index (χ4v) is 2.27. The number of hydrogen-bond donors (Lipinski definition) is 4. The Morgan fingerprint density at radius 3 is 1.40 bits per heavy atom. The van der Waals surface area contributed by atoms with E-state index in [2.05, 4.69) is 29.9 Å². The molecule has 0 aromatic carbocycles. The van der Waals surface area contributed by atoms with Crippen LogP contribution in [-0.2, 0) is 4.74 Å². The molecule has 3 heterocycles. The van der Waals surface area contributed by atoms with E-state index >= 15 is 0 Å². The van der Waals surface area contributed by atoms with E-state index in [-0.39, 0.29) is 61.2 Å². The maximum Gasteiger partial charge on any atom is 0.323 e. The number of nitrogens with zero attached hydrogens (tertiary/aromatic N) is 6. The lowest BCUT2D eigenvalue weighted by molar-refractivity contribution is -0.00523. The quantitative estimate of drug-likeness (QED) is 0.462. The van der Waals surface area contributed by atoms with Crippen LogP contribution in [-0.4, -0.2) is 55.3 Å². The van der Waals surface area contributed by atoms with Crippen LogP contribution in [0, 0.1) is 0 Å². The van der Waals surface area contributed by atoms with Gasteiger partial charge in [-0.15, -0.1) is 0 Å². The number of rotatable bonds is 6. The van der Waals surface area contributed by atoms with Crippen LogP contribution in [0.25, 0.3) is 0 Å². The number of ether oxygens (including phenoxy) is 3. The minimum Gasteiger partial charge on any atom is -0.461 e. The van der Waals surface area contributed by atoms with E-state index in [1.54, 1.807) is 0 Å². The highest BCUT2D eigenvalue weighted by Gasteiger charge is 2.27. The fraction of sp³-hybridized carbons (Fsp3) is 0.500. The molecule has 1 aliphatic rings. The molecular formula is C12H18N10O3. The first kappa shape index (κ1) is 16.6. The molecule has 2 atom stereocenters. The Morgan fingerprint density at radius 2 is 1.04 bits per heavy atom. The molecule has 0 spiro atoms. The minimum atomic E-state index is -0.138. The molecule has 3 rings (SSSR count). The van der Waals surface area contributed by atoms with E-state index in [1.165, 1.54) is 0 Å². The van der Waals surface area contributed by atoms with Gasteiger partial charge < -0.3 is 37.1 Å². The third kappa shape index (κ3) is 4.63. The molecule has 0 bridgehead atoms. The first-order chi connectivity index (χ1) is 12.0. The summed E-state index contributed by atoms with van der Waals surface area (Å²) in [5.74, 6) is -0.0111. The van der Waals surface area contributed by atoms with Gasteiger partial charge in [0.2, 0.25) is 23.8 Å². The highest BCUT2D eigenvalue weighted by Crippen LogP contribution is 2.21. The zero-order valence-corrected chi connectivity index (χ0v) is 13.2. The Balaban J connectivity index is 1.45. The van der Waals surface area contributed by atoms with E-state index in [1.807, 2.05) is 0 Å². The topological polar surface area (TPSA) is 209 Å². The normalized spacial score (nSPS) is 19.7. The lowest BCUT2D eigenvalue weighted by atomic mass is 10.2. The van der Waals surface area contributed by atoms with Crippen LogP contribution >= 0.6 is 0 Å². The number of aromatic nitrogens is 6. The smallest absolute Gasteiger partial charge is 0.323 e. The standard InChI is InChI=1S/C12H18N10O3/c13-7-17-8(14)20-11(19-7)23-3-5-1-2-6(25-5)4-24-12-21-9(15)18-10(16)22-12/h5-6H,1-4H2,(H4,13,14,17,19,20)(H4,15,16,18,21,22)/t5-,6+. The van der Waals surface area contributed by atoms with Crippen LogP contribution in [0.15, 0.2) is 0 Å². The van der Waals surface area contributed by atoms with Crippen LogP contribution < -0.4 is 32.4 Å². The van der Waals surface area contributed by atoms with Crippen LogP contribution in [0.4, 0.5) is 23.8 Å². The van der Waals surface area contributed by atoms with E-state index in [0.717, 1.165) is 12.8 Å². The van der Waals surface area contributed by atoms with Gasteiger partial charge in [-0.3, -0.25) is 0 Å². The predicted octanol–water partition coefficient (Wildman–Crippen LogP) is -1.61. The predicted molar refractivity (Wildman–Crippen MR) is 86.2 cm³/mol. The van der Waals surface area contributed by atoms with Crippen molar-refractivity contribution in [3.05, 3.63) is 0 Å². The van der Waals surface area contributed by atoms with Crippen molar-refractivity contribution in [3.63, 3.8) is 0 Å². The van der Waals surface area contributed by atoms with Crippen LogP contribution in [0.1, 0.15) is 12.8 Å². The number of hydrogen-bond acceptors (Lipinski definition) is 13. The molecule has 0 unspecified atom stereocenters. The Hall–Kier alpha value is -3.22. The summed E-state index contributed by atoms with van der Waals surface area (Å²) >= 11 is 0. The molecule has 0 amide bonds. The molecule has 1 aliphatic heterocycles. The van der Waals surface area contributed by atoms with Gasteiger partial charge in [0.05, 0.1) is 12.2 Å². The maximum absolute atomic E-state index is 5.81. The summed E-state index contributed by atoms with van der Waals surface area (Å²) in [5.41, 5.74) is 21.9. The third-order valence-electron chi connectivity index (χ3n) is 3.29. The van der Waals surface area contributed by atoms with Crippen molar-refractivity contribution in [3.8, 4) is 12.0 Å². The van der Waals surface area contributed by atoms with E-state index in [4.69, 9.17) is 37.1 Å². The molecule has 2 aromatic rings. The Bertz CT molecular complexity index is 643. The summed E-state index contributed by atoms with van der Waals surface area (Å²) in [6.45, 7) is 0.510. The van der Waals surface area contributed by atoms with Gasteiger partial charge in [-0.2, -0.15) is 29.9 Å². The summed E-state index contributed by atoms with van der Waals surface area (Å²) in [5, 5.41) is 0. The zero-order chi connectivity index (χ0) is 17.8. The highest BCUT2D eigenvalue weighted by atomic mass is 16.6. The molecule has 0 aliphatic carbocycles. The van der Waals surface area contributed by atoms with Gasteiger partial charge in [0.15, 0.2) is 0 Å². The third-order valence-corrected chi connectivity index (χ3v) is 3.29. The monoisotopic (exact) mass is 350 g/mol.